The first-order valence-corrected chi connectivity index (χ1v) is 12.4. The summed E-state index contributed by atoms with van der Waals surface area (Å²) >= 11 is 1.45. The van der Waals surface area contributed by atoms with Crippen LogP contribution in [0.1, 0.15) is 26.6 Å². The third-order valence-electron chi connectivity index (χ3n) is 5.76. The van der Waals surface area contributed by atoms with Crippen molar-refractivity contribution in [1.82, 2.24) is 14.8 Å². The number of esters is 1. The van der Waals surface area contributed by atoms with Crippen molar-refractivity contribution in [2.24, 2.45) is 0 Å². The Labute approximate surface area is 204 Å². The van der Waals surface area contributed by atoms with Crippen LogP contribution in [-0.2, 0) is 22.4 Å². The van der Waals surface area contributed by atoms with Crippen LogP contribution in [0, 0.1) is 0 Å². The van der Waals surface area contributed by atoms with E-state index in [1.54, 1.807) is 10.3 Å². The van der Waals surface area contributed by atoms with Crippen LogP contribution >= 0.6 is 11.3 Å². The second-order valence-electron chi connectivity index (χ2n) is 8.18. The number of thiazole rings is 1. The fraction of sp³-hybridized carbons (Fsp3) is 0.296. The Morgan fingerprint density at radius 2 is 1.65 bits per heavy atom. The molecule has 2 heterocycles. The van der Waals surface area contributed by atoms with Crippen LogP contribution in [-0.4, -0.2) is 66.0 Å². The van der Waals surface area contributed by atoms with Crippen LogP contribution in [0.2, 0.25) is 0 Å². The van der Waals surface area contributed by atoms with Crippen LogP contribution in [0.15, 0.2) is 72.1 Å². The topological polar surface area (TPSA) is 62.7 Å². The Balaban J connectivity index is 1.15. The minimum atomic E-state index is -0.541. The molecule has 1 aliphatic rings. The van der Waals surface area contributed by atoms with Crippen molar-refractivity contribution in [3.8, 4) is 0 Å². The Morgan fingerprint density at radius 3 is 2.38 bits per heavy atom. The fourth-order valence-electron chi connectivity index (χ4n) is 3.79. The molecule has 7 heteroatoms. The predicted octanol–water partition coefficient (Wildman–Crippen LogP) is 3.94. The monoisotopic (exact) mass is 475 g/mol. The molecular weight excluding hydrogens is 446 g/mol. The van der Waals surface area contributed by atoms with Gasteiger partial charge in [-0.05, 0) is 17.5 Å². The highest BCUT2D eigenvalue weighted by molar-refractivity contribution is 7.09. The van der Waals surface area contributed by atoms with Gasteiger partial charge in [-0.15, -0.1) is 11.3 Å². The molecule has 1 amide bonds. The maximum absolute atomic E-state index is 12.5. The van der Waals surface area contributed by atoms with Crippen molar-refractivity contribution >= 4 is 29.3 Å². The molecule has 3 aromatic rings. The molecule has 0 saturated carbocycles. The molecule has 2 aromatic carbocycles. The number of rotatable bonds is 9. The van der Waals surface area contributed by atoms with Crippen molar-refractivity contribution in [2.45, 2.75) is 12.8 Å². The molecule has 4 rings (SSSR count). The van der Waals surface area contributed by atoms with E-state index in [1.807, 2.05) is 36.4 Å². The minimum absolute atomic E-state index is 0.160. The smallest absolute Gasteiger partial charge is 0.358 e. The van der Waals surface area contributed by atoms with Gasteiger partial charge < -0.3 is 9.64 Å². The molecule has 0 N–H and O–H groups in total. The van der Waals surface area contributed by atoms with Gasteiger partial charge in [0, 0.05) is 44.5 Å². The number of hydrogen-bond donors (Lipinski definition) is 0. The van der Waals surface area contributed by atoms with E-state index in [2.05, 4.69) is 46.3 Å². The van der Waals surface area contributed by atoms with E-state index in [-0.39, 0.29) is 18.2 Å². The minimum Gasteiger partial charge on any atom is -0.451 e. The number of amides is 1. The van der Waals surface area contributed by atoms with Crippen molar-refractivity contribution in [1.29, 1.82) is 0 Å². The van der Waals surface area contributed by atoms with E-state index in [4.69, 9.17) is 4.74 Å². The lowest BCUT2D eigenvalue weighted by Gasteiger charge is -2.34. The van der Waals surface area contributed by atoms with Gasteiger partial charge >= 0.3 is 5.97 Å². The maximum atomic E-state index is 12.5. The summed E-state index contributed by atoms with van der Waals surface area (Å²) in [6, 6.07) is 20.4. The lowest BCUT2D eigenvalue weighted by atomic mass is 10.1. The van der Waals surface area contributed by atoms with Crippen LogP contribution in [0.25, 0.3) is 6.08 Å². The van der Waals surface area contributed by atoms with Crippen molar-refractivity contribution in [3.05, 3.63) is 93.9 Å². The summed E-state index contributed by atoms with van der Waals surface area (Å²) in [6.07, 6.45) is 5.90. The molecule has 1 saturated heterocycles. The molecule has 0 unspecified atom stereocenters. The van der Waals surface area contributed by atoms with E-state index in [0.29, 0.717) is 13.1 Å². The highest BCUT2D eigenvalue weighted by atomic mass is 32.1. The lowest BCUT2D eigenvalue weighted by molar-refractivity contribution is -0.136. The van der Waals surface area contributed by atoms with Gasteiger partial charge in [-0.3, -0.25) is 9.69 Å². The average Bonchev–Trinajstić information content (AvgIpc) is 3.37. The Bertz CT molecular complexity index is 1090. The van der Waals surface area contributed by atoms with E-state index in [1.165, 1.54) is 22.5 Å². The molecule has 0 radical (unpaired) electrons. The highest BCUT2D eigenvalue weighted by Gasteiger charge is 2.22. The van der Waals surface area contributed by atoms with Crippen molar-refractivity contribution < 1.29 is 14.3 Å². The number of carbonyl (C=O) groups excluding carboxylic acids is 2. The number of ether oxygens (including phenoxy) is 1. The number of aromatic nitrogens is 1. The van der Waals surface area contributed by atoms with Gasteiger partial charge in [0.1, 0.15) is 0 Å². The zero-order valence-corrected chi connectivity index (χ0v) is 20.0. The quantitative estimate of drug-likeness (QED) is 0.439. The van der Waals surface area contributed by atoms with Gasteiger partial charge in [-0.2, -0.15) is 0 Å². The first-order chi connectivity index (χ1) is 16.7. The largest absolute Gasteiger partial charge is 0.451 e. The van der Waals surface area contributed by atoms with E-state index in [0.717, 1.165) is 37.5 Å². The van der Waals surface area contributed by atoms with E-state index >= 15 is 0 Å². The summed E-state index contributed by atoms with van der Waals surface area (Å²) in [5.74, 6) is -0.701. The van der Waals surface area contributed by atoms with Crippen LogP contribution < -0.4 is 0 Å². The number of hydrogen-bond acceptors (Lipinski definition) is 6. The van der Waals surface area contributed by atoms with Gasteiger partial charge in [0.15, 0.2) is 12.3 Å². The van der Waals surface area contributed by atoms with Crippen LogP contribution in [0.3, 0.4) is 0 Å². The SMILES string of the molecule is O=C(OCC(=O)N1CCN(C/C=C/c2ccccc2)CC1)c1csc(CCc2ccccc2)n1. The lowest BCUT2D eigenvalue weighted by Crippen LogP contribution is -2.49. The normalized spacial score (nSPS) is 14.4. The molecule has 1 aromatic heterocycles. The van der Waals surface area contributed by atoms with Gasteiger partial charge in [0.25, 0.3) is 5.91 Å². The molecule has 0 aliphatic carbocycles. The zero-order valence-electron chi connectivity index (χ0n) is 19.1. The predicted molar refractivity (Wildman–Crippen MR) is 135 cm³/mol. The number of piperazine rings is 1. The molecule has 0 spiro atoms. The number of benzene rings is 2. The van der Waals surface area contributed by atoms with E-state index in [9.17, 15) is 9.59 Å². The van der Waals surface area contributed by atoms with Crippen molar-refractivity contribution in [3.63, 3.8) is 0 Å². The Hall–Kier alpha value is -3.29. The molecular formula is C27H29N3O3S. The Kier molecular flexibility index (Phi) is 8.60. The summed E-state index contributed by atoms with van der Waals surface area (Å²) in [5.41, 5.74) is 2.69. The number of aryl methyl sites for hydroxylation is 2. The van der Waals surface area contributed by atoms with Gasteiger partial charge in [-0.1, -0.05) is 72.8 Å². The second-order valence-corrected chi connectivity index (χ2v) is 9.13. The third-order valence-corrected chi connectivity index (χ3v) is 6.67. The molecule has 0 bridgehead atoms. The molecule has 34 heavy (non-hydrogen) atoms. The van der Waals surface area contributed by atoms with E-state index < -0.39 is 5.97 Å². The summed E-state index contributed by atoms with van der Waals surface area (Å²) in [7, 11) is 0. The van der Waals surface area contributed by atoms with Crippen LogP contribution in [0.5, 0.6) is 0 Å². The number of carbonyl (C=O) groups is 2. The summed E-state index contributed by atoms with van der Waals surface area (Å²) < 4.78 is 5.25. The standard InChI is InChI=1S/C27H29N3O3S/c31-26(30-18-16-29(17-19-30)15-7-12-22-8-3-1-4-9-22)20-33-27(32)24-21-34-25(28-24)14-13-23-10-5-2-6-11-23/h1-12,21H,13-20H2/b12-7+. The molecule has 6 nitrogen and oxygen atoms in total. The third kappa shape index (κ3) is 7.10. The molecule has 176 valence electrons. The summed E-state index contributed by atoms with van der Waals surface area (Å²) in [6.45, 7) is 3.48. The van der Waals surface area contributed by atoms with Crippen molar-refractivity contribution in [2.75, 3.05) is 39.3 Å². The summed E-state index contributed by atoms with van der Waals surface area (Å²) in [5, 5.41) is 2.59. The second kappa shape index (κ2) is 12.3. The maximum Gasteiger partial charge on any atom is 0.358 e. The highest BCUT2D eigenvalue weighted by Crippen LogP contribution is 2.14. The zero-order chi connectivity index (χ0) is 23.6. The van der Waals surface area contributed by atoms with Gasteiger partial charge in [0.2, 0.25) is 0 Å². The molecule has 1 fully saturated rings. The summed E-state index contributed by atoms with van der Waals surface area (Å²) in [4.78, 5) is 33.3. The fourth-order valence-corrected chi connectivity index (χ4v) is 4.56. The first kappa shape index (κ1) is 23.9. The molecule has 0 atom stereocenters. The van der Waals surface area contributed by atoms with Gasteiger partial charge in [-0.25, -0.2) is 9.78 Å². The van der Waals surface area contributed by atoms with Crippen LogP contribution in [0.4, 0.5) is 0 Å². The molecule has 1 aliphatic heterocycles. The number of nitrogens with zero attached hydrogens (tertiary/aromatic N) is 3. The Morgan fingerprint density at radius 1 is 0.941 bits per heavy atom. The average molecular weight is 476 g/mol. The van der Waals surface area contributed by atoms with Gasteiger partial charge in [0.05, 0.1) is 5.01 Å². The first-order valence-electron chi connectivity index (χ1n) is 11.5.